The Morgan fingerprint density at radius 1 is 1.47 bits per heavy atom. The highest BCUT2D eigenvalue weighted by Crippen LogP contribution is 2.40. The number of pyridine rings is 1. The van der Waals surface area contributed by atoms with E-state index in [9.17, 15) is 10.1 Å². The quantitative estimate of drug-likeness (QED) is 0.673. The normalized spacial score (nSPS) is 21.3. The highest BCUT2D eigenvalue weighted by atomic mass is 16.6. The zero-order chi connectivity index (χ0) is 13.4. The first kappa shape index (κ1) is 11.9. The molecular formula is C14H15N3O2. The predicted octanol–water partition coefficient (Wildman–Crippen LogP) is 3.35. The molecule has 0 aliphatic heterocycles. The summed E-state index contributed by atoms with van der Waals surface area (Å²) in [7, 11) is 0. The molecule has 98 valence electrons. The average Bonchev–Trinajstić information content (AvgIpc) is 3.17. The summed E-state index contributed by atoms with van der Waals surface area (Å²) in [4.78, 5) is 14.9. The Morgan fingerprint density at radius 2 is 2.26 bits per heavy atom. The van der Waals surface area contributed by atoms with Crippen LogP contribution in [0.1, 0.15) is 19.8 Å². The largest absolute Gasteiger partial charge is 0.376 e. The van der Waals surface area contributed by atoms with E-state index >= 15 is 0 Å². The highest BCUT2D eigenvalue weighted by molar-refractivity contribution is 5.95. The van der Waals surface area contributed by atoms with Crippen molar-refractivity contribution in [3.8, 4) is 0 Å². The smallest absolute Gasteiger partial charge is 0.311 e. The molecule has 2 unspecified atom stereocenters. The molecule has 1 N–H and O–H groups in total. The van der Waals surface area contributed by atoms with Crippen molar-refractivity contribution in [3.63, 3.8) is 0 Å². The Hall–Kier alpha value is -2.17. The van der Waals surface area contributed by atoms with Gasteiger partial charge in [0.1, 0.15) is 11.9 Å². The number of anilines is 1. The Kier molecular flexibility index (Phi) is 2.81. The van der Waals surface area contributed by atoms with Gasteiger partial charge in [-0.3, -0.25) is 10.1 Å². The van der Waals surface area contributed by atoms with E-state index in [1.807, 2.05) is 24.3 Å². The van der Waals surface area contributed by atoms with Crippen molar-refractivity contribution in [1.29, 1.82) is 0 Å². The molecular weight excluding hydrogens is 242 g/mol. The maximum absolute atomic E-state index is 11.1. The summed E-state index contributed by atoms with van der Waals surface area (Å²) >= 11 is 0. The Balaban J connectivity index is 2.07. The summed E-state index contributed by atoms with van der Waals surface area (Å²) < 4.78 is 0. The van der Waals surface area contributed by atoms with Crippen LogP contribution in [-0.2, 0) is 0 Å². The van der Waals surface area contributed by atoms with Crippen LogP contribution >= 0.6 is 0 Å². The second kappa shape index (κ2) is 4.50. The first-order valence-electron chi connectivity index (χ1n) is 6.49. The average molecular weight is 257 g/mol. The van der Waals surface area contributed by atoms with Gasteiger partial charge in [-0.05, 0) is 18.4 Å². The van der Waals surface area contributed by atoms with Crippen molar-refractivity contribution >= 4 is 22.3 Å². The van der Waals surface area contributed by atoms with Gasteiger partial charge >= 0.3 is 5.69 Å². The van der Waals surface area contributed by atoms with Crippen LogP contribution in [0, 0.1) is 16.0 Å². The maximum Gasteiger partial charge on any atom is 0.311 e. The van der Waals surface area contributed by atoms with E-state index in [0.717, 1.165) is 23.7 Å². The van der Waals surface area contributed by atoms with Crippen molar-refractivity contribution in [2.24, 2.45) is 5.92 Å². The number of nitrogens with zero attached hydrogens (tertiary/aromatic N) is 2. The van der Waals surface area contributed by atoms with Crippen LogP contribution in [0.15, 0.2) is 30.5 Å². The second-order valence-corrected chi connectivity index (χ2v) is 4.95. The molecule has 0 saturated heterocycles. The number of para-hydroxylation sites is 1. The van der Waals surface area contributed by atoms with E-state index < -0.39 is 0 Å². The third-order valence-corrected chi connectivity index (χ3v) is 3.73. The van der Waals surface area contributed by atoms with Crippen LogP contribution in [0.5, 0.6) is 0 Å². The minimum atomic E-state index is -0.370. The van der Waals surface area contributed by atoms with E-state index in [1.54, 1.807) is 0 Å². The fourth-order valence-corrected chi connectivity index (χ4v) is 2.48. The summed E-state index contributed by atoms with van der Waals surface area (Å²) in [5.74, 6) is 0.631. The summed E-state index contributed by atoms with van der Waals surface area (Å²) in [5.41, 5.74) is 1.45. The number of rotatable bonds is 4. The van der Waals surface area contributed by atoms with Crippen LogP contribution in [0.4, 0.5) is 11.4 Å². The number of benzene rings is 1. The minimum absolute atomic E-state index is 0.0560. The molecule has 3 rings (SSSR count). The molecule has 5 nitrogen and oxygen atoms in total. The Morgan fingerprint density at radius 3 is 2.95 bits per heavy atom. The molecule has 0 bridgehead atoms. The van der Waals surface area contributed by atoms with Crippen molar-refractivity contribution < 1.29 is 4.92 Å². The van der Waals surface area contributed by atoms with Crippen molar-refractivity contribution in [3.05, 3.63) is 40.6 Å². The van der Waals surface area contributed by atoms with Gasteiger partial charge in [-0.15, -0.1) is 0 Å². The molecule has 0 amide bonds. The molecule has 0 spiro atoms. The number of nitrogens with one attached hydrogen (secondary N) is 1. The summed E-state index contributed by atoms with van der Waals surface area (Å²) in [6.07, 6.45) is 3.53. The van der Waals surface area contributed by atoms with E-state index in [0.29, 0.717) is 17.6 Å². The molecule has 0 radical (unpaired) electrons. The number of nitro groups is 1. The van der Waals surface area contributed by atoms with Gasteiger partial charge < -0.3 is 5.32 Å². The summed E-state index contributed by atoms with van der Waals surface area (Å²) in [6, 6.07) is 7.87. The van der Waals surface area contributed by atoms with E-state index in [4.69, 9.17) is 0 Å². The first-order chi connectivity index (χ1) is 9.20. The zero-order valence-electron chi connectivity index (χ0n) is 10.7. The van der Waals surface area contributed by atoms with Crippen molar-refractivity contribution in [1.82, 2.24) is 4.98 Å². The maximum atomic E-state index is 11.1. The third kappa shape index (κ3) is 2.12. The molecule has 1 aromatic carbocycles. The monoisotopic (exact) mass is 257 g/mol. The van der Waals surface area contributed by atoms with Crippen LogP contribution in [0.25, 0.3) is 10.9 Å². The highest BCUT2D eigenvalue weighted by Gasteiger charge is 2.37. The first-order valence-corrected chi connectivity index (χ1v) is 6.49. The molecule has 1 fully saturated rings. The predicted molar refractivity (Wildman–Crippen MR) is 74.2 cm³/mol. The lowest BCUT2D eigenvalue weighted by molar-refractivity contribution is -0.384. The SMILES string of the molecule is CCC1CC1Nc1c([N+](=O)[O-])cnc2ccccc12. The molecule has 2 atom stereocenters. The molecule has 19 heavy (non-hydrogen) atoms. The number of hydrogen-bond acceptors (Lipinski definition) is 4. The lowest BCUT2D eigenvalue weighted by Gasteiger charge is -2.09. The lowest BCUT2D eigenvalue weighted by atomic mass is 10.1. The van der Waals surface area contributed by atoms with Crippen LogP contribution < -0.4 is 5.32 Å². The van der Waals surface area contributed by atoms with Crippen LogP contribution in [0.2, 0.25) is 0 Å². The van der Waals surface area contributed by atoms with Gasteiger partial charge in [0.15, 0.2) is 0 Å². The van der Waals surface area contributed by atoms with E-state index in [1.165, 1.54) is 6.20 Å². The van der Waals surface area contributed by atoms with Crippen LogP contribution in [-0.4, -0.2) is 15.9 Å². The number of hydrogen-bond donors (Lipinski definition) is 1. The minimum Gasteiger partial charge on any atom is -0.376 e. The van der Waals surface area contributed by atoms with Gasteiger partial charge in [0, 0.05) is 11.4 Å². The fraction of sp³-hybridized carbons (Fsp3) is 0.357. The molecule has 2 aromatic rings. The van der Waals surface area contributed by atoms with Crippen molar-refractivity contribution in [2.45, 2.75) is 25.8 Å². The van der Waals surface area contributed by atoms with Crippen LogP contribution in [0.3, 0.4) is 0 Å². The van der Waals surface area contributed by atoms with Gasteiger partial charge in [-0.25, -0.2) is 4.98 Å². The summed E-state index contributed by atoms with van der Waals surface area (Å²) in [6.45, 7) is 2.14. The van der Waals surface area contributed by atoms with Gasteiger partial charge in [0.25, 0.3) is 0 Å². The standard InChI is InChI=1S/C14H15N3O2/c1-2-9-7-12(9)16-14-10-5-3-4-6-11(10)15-8-13(14)17(18)19/h3-6,8-9,12H,2,7H2,1H3,(H,15,16). The Bertz CT molecular complexity index is 642. The third-order valence-electron chi connectivity index (χ3n) is 3.73. The zero-order valence-corrected chi connectivity index (χ0v) is 10.7. The molecule has 1 aliphatic carbocycles. The second-order valence-electron chi connectivity index (χ2n) is 4.95. The van der Waals surface area contributed by atoms with Crippen molar-refractivity contribution in [2.75, 3.05) is 5.32 Å². The van der Waals surface area contributed by atoms with Gasteiger partial charge in [-0.2, -0.15) is 0 Å². The molecule has 5 heteroatoms. The number of aromatic nitrogens is 1. The van der Waals surface area contributed by atoms with E-state index in [2.05, 4.69) is 17.2 Å². The topological polar surface area (TPSA) is 68.1 Å². The van der Waals surface area contributed by atoms with Gasteiger partial charge in [0.05, 0.1) is 10.4 Å². The fourth-order valence-electron chi connectivity index (χ4n) is 2.48. The van der Waals surface area contributed by atoms with Gasteiger partial charge in [-0.1, -0.05) is 31.5 Å². The lowest BCUT2D eigenvalue weighted by Crippen LogP contribution is -2.07. The molecule has 1 heterocycles. The molecule has 1 aromatic heterocycles. The molecule has 1 saturated carbocycles. The summed E-state index contributed by atoms with van der Waals surface area (Å²) in [5, 5.41) is 15.3. The van der Waals surface area contributed by atoms with E-state index in [-0.39, 0.29) is 10.6 Å². The Labute approximate surface area is 110 Å². The number of fused-ring (bicyclic) bond motifs is 1. The molecule has 1 aliphatic rings. The van der Waals surface area contributed by atoms with Gasteiger partial charge in [0.2, 0.25) is 0 Å².